The molecule has 1 amide bonds. The number of rotatable bonds is 12. The van der Waals surface area contributed by atoms with Crippen molar-refractivity contribution in [2.75, 3.05) is 24.2 Å². The molecule has 31 heavy (non-hydrogen) atoms. The molecule has 2 aromatic rings. The topological polar surface area (TPSA) is 80.3 Å². The van der Waals surface area contributed by atoms with Gasteiger partial charge in [-0.15, -0.1) is 0 Å². The zero-order valence-electron chi connectivity index (χ0n) is 18.3. The largest absolute Gasteiger partial charge is 0.456 e. The summed E-state index contributed by atoms with van der Waals surface area (Å²) in [5.41, 5.74) is 1.000. The van der Waals surface area contributed by atoms with Crippen molar-refractivity contribution in [3.05, 3.63) is 54.2 Å². The second kappa shape index (κ2) is 13.3. The Morgan fingerprint density at radius 1 is 1.03 bits per heavy atom. The van der Waals surface area contributed by atoms with E-state index in [9.17, 15) is 9.59 Å². The van der Waals surface area contributed by atoms with E-state index in [1.807, 2.05) is 51.1 Å². The molecule has 0 saturated carbocycles. The molecule has 0 spiro atoms. The van der Waals surface area contributed by atoms with Crippen LogP contribution in [0.5, 0.6) is 0 Å². The Bertz CT molecular complexity index is 809. The van der Waals surface area contributed by atoms with Crippen molar-refractivity contribution >= 4 is 39.2 Å². The molecule has 1 aromatic carbocycles. The number of nitrogens with zero attached hydrogens (tertiary/aromatic N) is 1. The van der Waals surface area contributed by atoms with Gasteiger partial charge >= 0.3 is 5.97 Å². The molecule has 8 heteroatoms. The molecule has 0 aliphatic carbocycles. The number of anilines is 1. The van der Waals surface area contributed by atoms with E-state index in [2.05, 4.69) is 15.6 Å². The van der Waals surface area contributed by atoms with Crippen LogP contribution in [0.15, 0.2) is 53.7 Å². The number of nitrogens with one attached hydrogen (secondary N) is 2. The number of carbonyl (C=O) groups is 2. The lowest BCUT2D eigenvalue weighted by Crippen LogP contribution is -2.25. The second-order valence-electron chi connectivity index (χ2n) is 7.89. The molecular weight excluding hydrogens is 430 g/mol. The minimum Gasteiger partial charge on any atom is -0.456 e. The highest BCUT2D eigenvalue weighted by Crippen LogP contribution is 2.29. The van der Waals surface area contributed by atoms with Gasteiger partial charge in [-0.3, -0.25) is 4.79 Å². The Morgan fingerprint density at radius 3 is 2.45 bits per heavy atom. The zero-order valence-corrected chi connectivity index (χ0v) is 20.0. The molecule has 0 aliphatic rings. The number of amides is 1. The molecule has 6 nitrogen and oxygen atoms in total. The Hall–Kier alpha value is -2.19. The molecule has 0 bridgehead atoms. The lowest BCUT2D eigenvalue weighted by Gasteiger charge is -2.19. The molecule has 0 radical (unpaired) electrons. The monoisotopic (exact) mass is 461 g/mol. The average molecular weight is 462 g/mol. The van der Waals surface area contributed by atoms with Gasteiger partial charge in [0.2, 0.25) is 5.91 Å². The number of benzene rings is 1. The van der Waals surface area contributed by atoms with Gasteiger partial charge in [0.25, 0.3) is 0 Å². The summed E-state index contributed by atoms with van der Waals surface area (Å²) in [5, 5.41) is 7.25. The van der Waals surface area contributed by atoms with Crippen LogP contribution < -0.4 is 10.6 Å². The fraction of sp³-hybridized carbons (Fsp3) is 0.435. The van der Waals surface area contributed by atoms with Gasteiger partial charge in [-0.25, -0.2) is 9.78 Å². The maximum atomic E-state index is 12.0. The first kappa shape index (κ1) is 25.1. The number of hydrogen-bond donors (Lipinski definition) is 2. The average Bonchev–Trinajstić information content (AvgIpc) is 2.73. The van der Waals surface area contributed by atoms with Crippen LogP contribution in [-0.4, -0.2) is 41.3 Å². The lowest BCUT2D eigenvalue weighted by molar-refractivity contribution is -0.120. The van der Waals surface area contributed by atoms with E-state index in [0.717, 1.165) is 35.9 Å². The third-order valence-corrected chi connectivity index (χ3v) is 6.24. The van der Waals surface area contributed by atoms with E-state index in [0.29, 0.717) is 18.5 Å². The second-order valence-corrected chi connectivity index (χ2v) is 10.3. The summed E-state index contributed by atoms with van der Waals surface area (Å²) in [4.78, 5) is 28.1. The standard InChI is InChI=1S/C23H31N3O3S2/c1-23(2,3)29-22(28)18-9-11-19(12-10-18)24-14-6-7-15-25-20(27)13-17-30-31-21-8-4-5-16-26-21/h4-5,8-12,16,24H,6-7,13-15,17H2,1-3H3,(H,25,27). The van der Waals surface area contributed by atoms with Gasteiger partial charge in [-0.05, 0) is 80.8 Å². The SMILES string of the molecule is CC(C)(C)OC(=O)c1ccc(NCCCCNC(=O)CCSSc2ccccn2)cc1. The van der Waals surface area contributed by atoms with Crippen LogP contribution >= 0.6 is 21.6 Å². The molecular formula is C23H31N3O3S2. The molecule has 2 rings (SSSR count). The quantitative estimate of drug-likeness (QED) is 0.256. The zero-order chi connectivity index (χ0) is 22.5. The minimum absolute atomic E-state index is 0.0832. The number of ether oxygens (including phenoxy) is 1. The fourth-order valence-electron chi connectivity index (χ4n) is 2.49. The Labute approximate surface area is 192 Å². The van der Waals surface area contributed by atoms with Gasteiger partial charge in [0.15, 0.2) is 0 Å². The summed E-state index contributed by atoms with van der Waals surface area (Å²) in [7, 11) is 3.23. The van der Waals surface area contributed by atoms with Crippen LogP contribution in [0.25, 0.3) is 0 Å². The third-order valence-electron chi connectivity index (χ3n) is 3.97. The van der Waals surface area contributed by atoms with Crippen molar-refractivity contribution < 1.29 is 14.3 Å². The number of aromatic nitrogens is 1. The first-order valence-corrected chi connectivity index (χ1v) is 12.7. The summed E-state index contributed by atoms with van der Waals surface area (Å²) < 4.78 is 5.36. The van der Waals surface area contributed by atoms with E-state index >= 15 is 0 Å². The van der Waals surface area contributed by atoms with Gasteiger partial charge in [0, 0.05) is 37.1 Å². The maximum Gasteiger partial charge on any atom is 0.338 e. The van der Waals surface area contributed by atoms with Crippen molar-refractivity contribution in [3.63, 3.8) is 0 Å². The van der Waals surface area contributed by atoms with Gasteiger partial charge in [-0.2, -0.15) is 0 Å². The van der Waals surface area contributed by atoms with Crippen LogP contribution in [0.2, 0.25) is 0 Å². The summed E-state index contributed by atoms with van der Waals surface area (Å²) in [6, 6.07) is 13.1. The molecule has 1 aromatic heterocycles. The first-order valence-electron chi connectivity index (χ1n) is 10.4. The van der Waals surface area contributed by atoms with Crippen LogP contribution in [-0.2, 0) is 9.53 Å². The highest BCUT2D eigenvalue weighted by atomic mass is 33.1. The van der Waals surface area contributed by atoms with Gasteiger partial charge < -0.3 is 15.4 Å². The smallest absolute Gasteiger partial charge is 0.338 e. The molecule has 2 N–H and O–H groups in total. The van der Waals surface area contributed by atoms with Gasteiger partial charge in [0.05, 0.1) is 5.56 Å². The van der Waals surface area contributed by atoms with Crippen LogP contribution in [0, 0.1) is 0 Å². The molecule has 0 fully saturated rings. The predicted octanol–water partition coefficient (Wildman–Crippen LogP) is 5.18. The number of esters is 1. The highest BCUT2D eigenvalue weighted by molar-refractivity contribution is 8.76. The molecule has 0 atom stereocenters. The number of pyridine rings is 1. The Balaban J connectivity index is 1.51. The van der Waals surface area contributed by atoms with E-state index in [-0.39, 0.29) is 11.9 Å². The molecule has 0 saturated heterocycles. The van der Waals surface area contributed by atoms with Crippen molar-refractivity contribution in [2.24, 2.45) is 0 Å². The van der Waals surface area contributed by atoms with Crippen molar-refractivity contribution in [1.29, 1.82) is 0 Å². The van der Waals surface area contributed by atoms with Gasteiger partial charge in [0.1, 0.15) is 10.6 Å². The molecule has 168 valence electrons. The van der Waals surface area contributed by atoms with Crippen LogP contribution in [0.3, 0.4) is 0 Å². The van der Waals surface area contributed by atoms with E-state index < -0.39 is 5.60 Å². The van der Waals surface area contributed by atoms with Crippen molar-refractivity contribution in [1.82, 2.24) is 10.3 Å². The number of carbonyl (C=O) groups excluding carboxylic acids is 2. The Morgan fingerprint density at radius 2 is 1.77 bits per heavy atom. The van der Waals surface area contributed by atoms with Gasteiger partial charge in [-0.1, -0.05) is 16.9 Å². The summed E-state index contributed by atoms with van der Waals surface area (Å²) >= 11 is 0. The first-order chi connectivity index (χ1) is 14.8. The van der Waals surface area contributed by atoms with E-state index in [1.54, 1.807) is 39.9 Å². The lowest BCUT2D eigenvalue weighted by atomic mass is 10.1. The van der Waals surface area contributed by atoms with Crippen molar-refractivity contribution in [3.8, 4) is 0 Å². The summed E-state index contributed by atoms with van der Waals surface area (Å²) in [6.45, 7) is 7.04. The number of hydrogen-bond acceptors (Lipinski definition) is 7. The summed E-state index contributed by atoms with van der Waals surface area (Å²) in [6.07, 6.45) is 4.12. The maximum absolute atomic E-state index is 12.0. The molecule has 1 heterocycles. The van der Waals surface area contributed by atoms with E-state index in [4.69, 9.17) is 4.74 Å². The fourth-order valence-corrected chi connectivity index (χ4v) is 4.36. The normalized spacial score (nSPS) is 11.1. The van der Waals surface area contributed by atoms with E-state index in [1.165, 1.54) is 0 Å². The highest BCUT2D eigenvalue weighted by Gasteiger charge is 2.17. The minimum atomic E-state index is -0.499. The summed E-state index contributed by atoms with van der Waals surface area (Å²) in [5.74, 6) is 0.525. The molecule has 0 unspecified atom stereocenters. The molecule has 0 aliphatic heterocycles. The number of unbranched alkanes of at least 4 members (excludes halogenated alkanes) is 1. The third kappa shape index (κ3) is 11.1. The van der Waals surface area contributed by atoms with Crippen LogP contribution in [0.4, 0.5) is 5.69 Å². The predicted molar refractivity (Wildman–Crippen MR) is 130 cm³/mol. The Kier molecular flexibility index (Phi) is 10.7. The van der Waals surface area contributed by atoms with Crippen LogP contribution in [0.1, 0.15) is 50.4 Å². The van der Waals surface area contributed by atoms with Crippen molar-refractivity contribution in [2.45, 2.75) is 50.7 Å².